The number of ether oxygens (including phenoxy) is 1. The standard InChI is InChI=1S/C4H9NOS/c1-4(6-2)5-3-7/h3-4H,1-2H3,(H,5,7). The summed E-state index contributed by atoms with van der Waals surface area (Å²) < 4.78 is 4.78. The predicted octanol–water partition coefficient (Wildman–Crippen LogP) is 0.526. The molecule has 0 spiro atoms. The van der Waals surface area contributed by atoms with Crippen molar-refractivity contribution in [3.63, 3.8) is 0 Å². The molecule has 0 heterocycles. The van der Waals surface area contributed by atoms with Crippen molar-refractivity contribution in [1.29, 1.82) is 0 Å². The number of methoxy groups -OCH3 is 1. The van der Waals surface area contributed by atoms with E-state index in [0.29, 0.717) is 0 Å². The van der Waals surface area contributed by atoms with Crippen LogP contribution in [0.25, 0.3) is 0 Å². The Morgan fingerprint density at radius 3 is 2.57 bits per heavy atom. The van der Waals surface area contributed by atoms with Crippen LogP contribution in [0.1, 0.15) is 6.92 Å². The molecule has 0 rings (SSSR count). The molecule has 1 unspecified atom stereocenters. The molecule has 42 valence electrons. The van der Waals surface area contributed by atoms with E-state index in [1.165, 1.54) is 5.49 Å². The first-order chi connectivity index (χ1) is 3.31. The van der Waals surface area contributed by atoms with Crippen LogP contribution in [-0.4, -0.2) is 18.8 Å². The fourth-order valence-corrected chi connectivity index (χ4v) is 0.355. The summed E-state index contributed by atoms with van der Waals surface area (Å²) in [6.07, 6.45) is 0.0394. The van der Waals surface area contributed by atoms with E-state index in [-0.39, 0.29) is 6.23 Å². The van der Waals surface area contributed by atoms with Crippen molar-refractivity contribution in [2.45, 2.75) is 13.2 Å². The van der Waals surface area contributed by atoms with Crippen LogP contribution < -0.4 is 5.32 Å². The zero-order chi connectivity index (χ0) is 5.70. The summed E-state index contributed by atoms with van der Waals surface area (Å²) in [5.41, 5.74) is 1.44. The van der Waals surface area contributed by atoms with Gasteiger partial charge in [0.1, 0.15) is 6.23 Å². The Morgan fingerprint density at radius 2 is 2.43 bits per heavy atom. The van der Waals surface area contributed by atoms with Gasteiger partial charge in [-0.05, 0) is 6.92 Å². The molecule has 0 aliphatic rings. The van der Waals surface area contributed by atoms with Crippen molar-refractivity contribution in [2.75, 3.05) is 7.11 Å². The number of hydrogen-bond donors (Lipinski definition) is 1. The maximum absolute atomic E-state index is 4.78. The van der Waals surface area contributed by atoms with Crippen LogP contribution in [0, 0.1) is 0 Å². The Hall–Kier alpha value is -0.150. The highest BCUT2D eigenvalue weighted by Crippen LogP contribution is 1.75. The normalized spacial score (nSPS) is 12.9. The average Bonchev–Trinajstić information content (AvgIpc) is 1.68. The molecule has 7 heavy (non-hydrogen) atoms. The molecule has 3 heteroatoms. The predicted molar refractivity (Wildman–Crippen MR) is 33.3 cm³/mol. The monoisotopic (exact) mass is 119 g/mol. The van der Waals surface area contributed by atoms with Gasteiger partial charge >= 0.3 is 0 Å². The minimum Gasteiger partial charge on any atom is -0.362 e. The second kappa shape index (κ2) is 4.02. The van der Waals surface area contributed by atoms with Gasteiger partial charge < -0.3 is 10.1 Å². The first-order valence-corrected chi connectivity index (χ1v) is 2.51. The molecule has 0 bridgehead atoms. The van der Waals surface area contributed by atoms with E-state index in [2.05, 4.69) is 17.5 Å². The molecule has 0 saturated carbocycles. The van der Waals surface area contributed by atoms with Gasteiger partial charge in [0.2, 0.25) is 0 Å². The SMILES string of the molecule is COC(C)NC=S. The molecule has 2 nitrogen and oxygen atoms in total. The third-order valence-corrected chi connectivity index (χ3v) is 0.792. The Morgan fingerprint density at radius 1 is 1.86 bits per heavy atom. The number of rotatable bonds is 3. The van der Waals surface area contributed by atoms with E-state index in [4.69, 9.17) is 4.74 Å². The van der Waals surface area contributed by atoms with Crippen molar-refractivity contribution >= 4 is 17.7 Å². The number of nitrogens with one attached hydrogen (secondary N) is 1. The van der Waals surface area contributed by atoms with Gasteiger partial charge in [0.05, 0.1) is 5.49 Å². The zero-order valence-corrected chi connectivity index (χ0v) is 5.29. The molecule has 1 atom stereocenters. The molecule has 0 aromatic heterocycles. The molecule has 0 saturated heterocycles. The van der Waals surface area contributed by atoms with Gasteiger partial charge in [-0.25, -0.2) is 0 Å². The van der Waals surface area contributed by atoms with Gasteiger partial charge in [-0.15, -0.1) is 0 Å². The molecule has 1 N–H and O–H groups in total. The molecule has 0 amide bonds. The second-order valence-electron chi connectivity index (χ2n) is 1.16. The average molecular weight is 119 g/mol. The summed E-state index contributed by atoms with van der Waals surface area (Å²) in [4.78, 5) is 0. The summed E-state index contributed by atoms with van der Waals surface area (Å²) in [6.45, 7) is 1.88. The van der Waals surface area contributed by atoms with E-state index < -0.39 is 0 Å². The fourth-order valence-electron chi connectivity index (χ4n) is 0.164. The summed E-state index contributed by atoms with van der Waals surface area (Å²) in [5.74, 6) is 0. The quantitative estimate of drug-likeness (QED) is 0.432. The van der Waals surface area contributed by atoms with E-state index in [1.54, 1.807) is 7.11 Å². The van der Waals surface area contributed by atoms with Gasteiger partial charge in [-0.3, -0.25) is 0 Å². The molecule has 0 aromatic rings. The van der Waals surface area contributed by atoms with Crippen LogP contribution in [0.2, 0.25) is 0 Å². The number of thiocarbonyl (C=S) groups is 1. The lowest BCUT2D eigenvalue weighted by atomic mass is 10.7. The van der Waals surface area contributed by atoms with E-state index in [9.17, 15) is 0 Å². The molecular weight excluding hydrogens is 110 g/mol. The highest BCUT2D eigenvalue weighted by atomic mass is 32.1. The molecule has 0 aliphatic carbocycles. The zero-order valence-electron chi connectivity index (χ0n) is 4.47. The highest BCUT2D eigenvalue weighted by molar-refractivity contribution is 7.78. The van der Waals surface area contributed by atoms with Crippen molar-refractivity contribution in [2.24, 2.45) is 0 Å². The maximum atomic E-state index is 4.78. The molecule has 0 aliphatic heterocycles. The minimum absolute atomic E-state index is 0.0394. The minimum atomic E-state index is 0.0394. The van der Waals surface area contributed by atoms with Crippen LogP contribution >= 0.6 is 12.2 Å². The lowest BCUT2D eigenvalue weighted by molar-refractivity contribution is 0.108. The Labute approximate surface area is 48.9 Å². The summed E-state index contributed by atoms with van der Waals surface area (Å²) in [7, 11) is 1.62. The van der Waals surface area contributed by atoms with Crippen LogP contribution in [0.5, 0.6) is 0 Å². The summed E-state index contributed by atoms with van der Waals surface area (Å²) in [5, 5.41) is 2.76. The smallest absolute Gasteiger partial charge is 0.124 e. The number of hydrogen-bond acceptors (Lipinski definition) is 2. The first-order valence-electron chi connectivity index (χ1n) is 2.03. The topological polar surface area (TPSA) is 21.3 Å². The van der Waals surface area contributed by atoms with E-state index in [0.717, 1.165) is 0 Å². The fraction of sp³-hybridized carbons (Fsp3) is 0.750. The highest BCUT2D eigenvalue weighted by Gasteiger charge is 1.88. The van der Waals surface area contributed by atoms with Crippen LogP contribution in [0.3, 0.4) is 0 Å². The van der Waals surface area contributed by atoms with Crippen molar-refractivity contribution < 1.29 is 4.74 Å². The van der Waals surface area contributed by atoms with E-state index >= 15 is 0 Å². The Kier molecular flexibility index (Phi) is 3.93. The third-order valence-electron chi connectivity index (χ3n) is 0.656. The molecular formula is C4H9NOS. The lowest BCUT2D eigenvalue weighted by Gasteiger charge is -2.05. The van der Waals surface area contributed by atoms with Crippen molar-refractivity contribution in [1.82, 2.24) is 5.32 Å². The Balaban J connectivity index is 2.98. The summed E-state index contributed by atoms with van der Waals surface area (Å²) in [6, 6.07) is 0. The largest absolute Gasteiger partial charge is 0.362 e. The molecule has 0 aromatic carbocycles. The third kappa shape index (κ3) is 3.69. The van der Waals surface area contributed by atoms with Gasteiger partial charge in [-0.1, -0.05) is 12.2 Å². The van der Waals surface area contributed by atoms with Crippen molar-refractivity contribution in [3.05, 3.63) is 0 Å². The van der Waals surface area contributed by atoms with Gasteiger partial charge in [-0.2, -0.15) is 0 Å². The first kappa shape index (κ1) is 6.85. The van der Waals surface area contributed by atoms with Crippen molar-refractivity contribution in [3.8, 4) is 0 Å². The van der Waals surface area contributed by atoms with Gasteiger partial charge in [0, 0.05) is 7.11 Å². The Bertz CT molecular complexity index is 57.7. The van der Waals surface area contributed by atoms with E-state index in [1.807, 2.05) is 6.92 Å². The lowest BCUT2D eigenvalue weighted by Crippen LogP contribution is -2.24. The molecule has 0 fully saturated rings. The van der Waals surface area contributed by atoms with Crippen LogP contribution in [-0.2, 0) is 4.74 Å². The van der Waals surface area contributed by atoms with Crippen LogP contribution in [0.4, 0.5) is 0 Å². The van der Waals surface area contributed by atoms with Gasteiger partial charge in [0.25, 0.3) is 0 Å². The second-order valence-corrected chi connectivity index (χ2v) is 1.40. The van der Waals surface area contributed by atoms with Gasteiger partial charge in [0.15, 0.2) is 0 Å². The molecule has 0 radical (unpaired) electrons. The van der Waals surface area contributed by atoms with Crippen LogP contribution in [0.15, 0.2) is 0 Å². The maximum Gasteiger partial charge on any atom is 0.124 e. The summed E-state index contributed by atoms with van der Waals surface area (Å²) >= 11 is 4.48.